The number of hydrogen-bond acceptors (Lipinski definition) is 4. The highest BCUT2D eigenvalue weighted by Gasteiger charge is 2.28. The molecule has 0 atom stereocenters. The first-order chi connectivity index (χ1) is 16.9. The minimum atomic E-state index is -3.95. The third-order valence-electron chi connectivity index (χ3n) is 6.22. The van der Waals surface area contributed by atoms with Crippen LogP contribution in [0.3, 0.4) is 0 Å². The van der Waals surface area contributed by atoms with Gasteiger partial charge in [-0.25, -0.2) is 8.42 Å². The summed E-state index contributed by atoms with van der Waals surface area (Å²) in [6, 6.07) is 22.9. The lowest BCUT2D eigenvalue weighted by molar-refractivity contribution is -0.120. The molecule has 1 aliphatic carbocycles. The molecule has 0 radical (unpaired) electrons. The highest BCUT2D eigenvalue weighted by Crippen LogP contribution is 2.28. The van der Waals surface area contributed by atoms with Crippen LogP contribution in [0.15, 0.2) is 83.8 Å². The fourth-order valence-electron chi connectivity index (χ4n) is 4.29. The van der Waals surface area contributed by atoms with Crippen LogP contribution in [0.2, 0.25) is 0 Å². The van der Waals surface area contributed by atoms with E-state index in [4.69, 9.17) is 4.74 Å². The third kappa shape index (κ3) is 6.63. The van der Waals surface area contributed by atoms with Gasteiger partial charge in [0.15, 0.2) is 0 Å². The molecule has 0 spiro atoms. The number of ether oxygens (including phenoxy) is 1. The van der Waals surface area contributed by atoms with E-state index in [9.17, 15) is 13.2 Å². The lowest BCUT2D eigenvalue weighted by atomic mass is 10.1. The number of carbonyl (C=O) groups excluding carboxylic acids is 1. The average Bonchev–Trinajstić information content (AvgIpc) is 3.13. The molecule has 1 fully saturated rings. The van der Waals surface area contributed by atoms with E-state index in [0.29, 0.717) is 17.2 Å². The van der Waals surface area contributed by atoms with E-state index in [-0.39, 0.29) is 23.4 Å². The molecule has 0 unspecified atom stereocenters. The number of para-hydroxylation sites is 1. The maximum Gasteiger partial charge on any atom is 0.264 e. The highest BCUT2D eigenvalue weighted by atomic mass is 32.2. The van der Waals surface area contributed by atoms with E-state index in [1.54, 1.807) is 48.5 Å². The second-order valence-corrected chi connectivity index (χ2v) is 10.9. The summed E-state index contributed by atoms with van der Waals surface area (Å²) in [6.45, 7) is 1.62. The van der Waals surface area contributed by atoms with Crippen molar-refractivity contribution in [2.75, 3.05) is 10.8 Å². The summed E-state index contributed by atoms with van der Waals surface area (Å²) in [5.41, 5.74) is 1.37. The number of nitrogens with one attached hydrogen (secondary N) is 1. The molecule has 0 saturated heterocycles. The molecule has 0 aromatic heterocycles. The minimum Gasteiger partial charge on any atom is -0.457 e. The second-order valence-electron chi connectivity index (χ2n) is 8.99. The van der Waals surface area contributed by atoms with Crippen molar-refractivity contribution in [2.45, 2.75) is 56.4 Å². The quantitative estimate of drug-likeness (QED) is 0.402. The molecule has 1 saturated carbocycles. The van der Waals surface area contributed by atoms with Crippen LogP contribution in [0.5, 0.6) is 11.5 Å². The van der Waals surface area contributed by atoms with Crippen LogP contribution < -0.4 is 14.4 Å². The molecular formula is C28H32N2O4S. The molecular weight excluding hydrogens is 460 g/mol. The summed E-state index contributed by atoms with van der Waals surface area (Å²) in [5, 5.41) is 3.07. The SMILES string of the molecule is Cc1ccc(S(=O)(=O)N(CC(=O)NC2CCCCCC2)c2ccc(Oc3ccccc3)cc2)cc1. The van der Waals surface area contributed by atoms with Crippen LogP contribution in [0.4, 0.5) is 5.69 Å². The summed E-state index contributed by atoms with van der Waals surface area (Å²) in [6.07, 6.45) is 6.39. The number of benzene rings is 3. The van der Waals surface area contributed by atoms with Gasteiger partial charge in [-0.05, 0) is 68.3 Å². The van der Waals surface area contributed by atoms with Gasteiger partial charge in [-0.15, -0.1) is 0 Å². The highest BCUT2D eigenvalue weighted by molar-refractivity contribution is 7.92. The third-order valence-corrected chi connectivity index (χ3v) is 8.01. The van der Waals surface area contributed by atoms with Crippen molar-refractivity contribution in [2.24, 2.45) is 0 Å². The van der Waals surface area contributed by atoms with Crippen LogP contribution in [0.25, 0.3) is 0 Å². The molecule has 0 bridgehead atoms. The van der Waals surface area contributed by atoms with Gasteiger partial charge >= 0.3 is 0 Å². The van der Waals surface area contributed by atoms with Crippen LogP contribution >= 0.6 is 0 Å². The lowest BCUT2D eigenvalue weighted by Crippen LogP contribution is -2.44. The van der Waals surface area contributed by atoms with Crippen molar-refractivity contribution in [3.63, 3.8) is 0 Å². The Morgan fingerprint density at radius 1 is 0.857 bits per heavy atom. The van der Waals surface area contributed by atoms with Crippen LogP contribution in [0.1, 0.15) is 44.1 Å². The fraction of sp³-hybridized carbons (Fsp3) is 0.321. The monoisotopic (exact) mass is 492 g/mol. The van der Waals surface area contributed by atoms with Gasteiger partial charge in [-0.2, -0.15) is 0 Å². The number of aryl methyl sites for hydroxylation is 1. The predicted molar refractivity (Wildman–Crippen MR) is 138 cm³/mol. The average molecular weight is 493 g/mol. The molecule has 6 nitrogen and oxygen atoms in total. The minimum absolute atomic E-state index is 0.0931. The standard InChI is InChI=1S/C28H32N2O4S/c1-22-13-19-27(20-14-22)35(32,33)30(21-28(31)29-23-9-5-2-3-6-10-23)24-15-17-26(18-16-24)34-25-11-7-4-8-12-25/h4,7-8,11-20,23H,2-3,5-6,9-10,21H2,1H3,(H,29,31). The maximum atomic E-state index is 13.6. The first kappa shape index (κ1) is 24.8. The van der Waals surface area contributed by atoms with Crippen LogP contribution in [0, 0.1) is 6.92 Å². The molecule has 3 aromatic rings. The van der Waals surface area contributed by atoms with Gasteiger partial charge in [0.2, 0.25) is 5.91 Å². The Morgan fingerprint density at radius 2 is 1.46 bits per heavy atom. The zero-order chi connectivity index (χ0) is 24.7. The van der Waals surface area contributed by atoms with Crippen molar-refractivity contribution in [3.05, 3.63) is 84.4 Å². The smallest absolute Gasteiger partial charge is 0.264 e. The summed E-state index contributed by atoms with van der Waals surface area (Å²) < 4.78 is 34.3. The Bertz CT molecular complexity index is 1200. The van der Waals surface area contributed by atoms with E-state index in [2.05, 4.69) is 5.32 Å². The Morgan fingerprint density at radius 3 is 2.09 bits per heavy atom. The Labute approximate surface area is 208 Å². The van der Waals surface area contributed by atoms with E-state index in [1.807, 2.05) is 37.3 Å². The molecule has 1 N–H and O–H groups in total. The fourth-order valence-corrected chi connectivity index (χ4v) is 5.71. The summed E-state index contributed by atoms with van der Waals surface area (Å²) in [7, 11) is -3.95. The Kier molecular flexibility index (Phi) is 8.08. The molecule has 0 aliphatic heterocycles. The zero-order valence-electron chi connectivity index (χ0n) is 20.0. The normalized spacial score (nSPS) is 14.7. The summed E-state index contributed by atoms with van der Waals surface area (Å²) in [4.78, 5) is 13.2. The van der Waals surface area contributed by atoms with E-state index >= 15 is 0 Å². The molecule has 0 heterocycles. The summed E-state index contributed by atoms with van der Waals surface area (Å²) >= 11 is 0. The van der Waals surface area contributed by atoms with Gasteiger partial charge in [-0.3, -0.25) is 9.10 Å². The first-order valence-electron chi connectivity index (χ1n) is 12.1. The van der Waals surface area contributed by atoms with Gasteiger partial charge in [0.1, 0.15) is 18.0 Å². The zero-order valence-corrected chi connectivity index (χ0v) is 20.8. The van der Waals surface area contributed by atoms with Crippen molar-refractivity contribution in [1.82, 2.24) is 5.32 Å². The molecule has 4 rings (SSSR count). The molecule has 35 heavy (non-hydrogen) atoms. The topological polar surface area (TPSA) is 75.7 Å². The van der Waals surface area contributed by atoms with Gasteiger partial charge in [0.25, 0.3) is 10.0 Å². The van der Waals surface area contributed by atoms with Gasteiger partial charge in [-0.1, -0.05) is 61.6 Å². The Hall–Kier alpha value is -3.32. The second kappa shape index (κ2) is 11.4. The largest absolute Gasteiger partial charge is 0.457 e. The van der Waals surface area contributed by atoms with Crippen LogP contribution in [-0.2, 0) is 14.8 Å². The van der Waals surface area contributed by atoms with Gasteiger partial charge in [0.05, 0.1) is 10.6 Å². The predicted octanol–water partition coefficient (Wildman–Crippen LogP) is 5.82. The number of sulfonamides is 1. The van der Waals surface area contributed by atoms with E-state index < -0.39 is 10.0 Å². The van der Waals surface area contributed by atoms with E-state index in [1.165, 1.54) is 17.1 Å². The lowest BCUT2D eigenvalue weighted by Gasteiger charge is -2.26. The van der Waals surface area contributed by atoms with Gasteiger partial charge in [0, 0.05) is 6.04 Å². The number of amides is 1. The van der Waals surface area contributed by atoms with Crippen molar-refractivity contribution in [1.29, 1.82) is 0 Å². The van der Waals surface area contributed by atoms with Crippen molar-refractivity contribution < 1.29 is 17.9 Å². The van der Waals surface area contributed by atoms with Crippen LogP contribution in [-0.4, -0.2) is 26.9 Å². The number of hydrogen-bond donors (Lipinski definition) is 1. The van der Waals surface area contributed by atoms with Crippen molar-refractivity contribution in [3.8, 4) is 11.5 Å². The molecule has 3 aromatic carbocycles. The van der Waals surface area contributed by atoms with E-state index in [0.717, 1.165) is 31.2 Å². The maximum absolute atomic E-state index is 13.6. The molecule has 7 heteroatoms. The number of anilines is 1. The van der Waals surface area contributed by atoms with Crippen molar-refractivity contribution >= 4 is 21.6 Å². The van der Waals surface area contributed by atoms with Gasteiger partial charge < -0.3 is 10.1 Å². The summed E-state index contributed by atoms with van der Waals surface area (Å²) in [5.74, 6) is 0.972. The number of rotatable bonds is 8. The number of nitrogens with zero attached hydrogens (tertiary/aromatic N) is 1. The Balaban J connectivity index is 1.58. The number of carbonyl (C=O) groups is 1. The molecule has 1 amide bonds. The molecule has 184 valence electrons. The molecule has 1 aliphatic rings. The first-order valence-corrected chi connectivity index (χ1v) is 13.6.